The molecule has 0 spiro atoms. The second kappa shape index (κ2) is 10.8. The van der Waals surface area contributed by atoms with Gasteiger partial charge in [-0.1, -0.05) is 45.2 Å². The lowest BCUT2D eigenvalue weighted by atomic mass is 9.97. The fourth-order valence-electron chi connectivity index (χ4n) is 3.03. The van der Waals surface area contributed by atoms with Gasteiger partial charge >= 0.3 is 5.69 Å². The maximum Gasteiger partial charge on any atom is 0.354 e. The molecule has 5 N–H and O–H groups in total. The molecule has 3 rings (SSSR count). The second-order valence-corrected chi connectivity index (χ2v) is 7.59. The van der Waals surface area contributed by atoms with Gasteiger partial charge in [0.2, 0.25) is 0 Å². The minimum absolute atomic E-state index is 0.237. The summed E-state index contributed by atoms with van der Waals surface area (Å²) in [6, 6.07) is 9.97. The summed E-state index contributed by atoms with van der Waals surface area (Å²) < 4.78 is 1.47. The zero-order valence-electron chi connectivity index (χ0n) is 16.5. The minimum atomic E-state index is -0.365. The lowest BCUT2D eigenvalue weighted by molar-refractivity contribution is 0.441. The van der Waals surface area contributed by atoms with Crippen molar-refractivity contribution >= 4 is 5.82 Å². The summed E-state index contributed by atoms with van der Waals surface area (Å²) in [6.07, 6.45) is 8.30. The van der Waals surface area contributed by atoms with E-state index in [-0.39, 0.29) is 11.5 Å². The molecular formula is C21H33N5O. The second-order valence-electron chi connectivity index (χ2n) is 7.59. The summed E-state index contributed by atoms with van der Waals surface area (Å²) >= 11 is 0. The van der Waals surface area contributed by atoms with E-state index in [2.05, 4.69) is 24.1 Å². The number of hydrogen-bond donors (Lipinski definition) is 3. The normalized spacial score (nSPS) is 14.7. The SMILES string of the molecule is CC(C)CNCc1ccc(-n2ccc(N)nc2=O)cc1.NC1CCCCC1. The maximum atomic E-state index is 11.7. The van der Waals surface area contributed by atoms with Crippen LogP contribution in [0.4, 0.5) is 5.82 Å². The first-order valence-corrected chi connectivity index (χ1v) is 9.86. The molecule has 1 saturated carbocycles. The number of rotatable bonds is 5. The Kier molecular flexibility index (Phi) is 8.48. The van der Waals surface area contributed by atoms with E-state index in [1.54, 1.807) is 12.3 Å². The van der Waals surface area contributed by atoms with Crippen molar-refractivity contribution in [2.45, 2.75) is 58.5 Å². The number of nitrogens with one attached hydrogen (secondary N) is 1. The molecule has 6 heteroatoms. The van der Waals surface area contributed by atoms with Crippen LogP contribution in [-0.4, -0.2) is 22.1 Å². The van der Waals surface area contributed by atoms with E-state index in [9.17, 15) is 4.79 Å². The molecule has 0 amide bonds. The fraction of sp³-hybridized carbons (Fsp3) is 0.524. The van der Waals surface area contributed by atoms with Crippen molar-refractivity contribution in [3.8, 4) is 5.69 Å². The molecule has 1 aliphatic rings. The Morgan fingerprint density at radius 2 is 1.81 bits per heavy atom. The molecule has 0 bridgehead atoms. The molecule has 148 valence electrons. The van der Waals surface area contributed by atoms with Gasteiger partial charge in [0.05, 0.1) is 5.69 Å². The van der Waals surface area contributed by atoms with Crippen molar-refractivity contribution in [1.29, 1.82) is 0 Å². The van der Waals surface area contributed by atoms with Crippen LogP contribution in [0.3, 0.4) is 0 Å². The highest BCUT2D eigenvalue weighted by molar-refractivity contribution is 5.36. The van der Waals surface area contributed by atoms with Crippen LogP contribution >= 0.6 is 0 Å². The zero-order valence-corrected chi connectivity index (χ0v) is 16.5. The minimum Gasteiger partial charge on any atom is -0.383 e. The Hall–Kier alpha value is -2.18. The highest BCUT2D eigenvalue weighted by Crippen LogP contribution is 2.14. The van der Waals surface area contributed by atoms with Gasteiger partial charge in [0.25, 0.3) is 0 Å². The maximum absolute atomic E-state index is 11.7. The summed E-state index contributed by atoms with van der Waals surface area (Å²) in [7, 11) is 0. The summed E-state index contributed by atoms with van der Waals surface area (Å²) in [4.78, 5) is 15.4. The molecule has 1 aromatic heterocycles. The van der Waals surface area contributed by atoms with Gasteiger partial charge in [0.1, 0.15) is 5.82 Å². The summed E-state index contributed by atoms with van der Waals surface area (Å²) in [5, 5.41) is 3.38. The number of nitrogen functional groups attached to an aromatic ring is 1. The Bertz CT molecular complexity index is 733. The molecule has 27 heavy (non-hydrogen) atoms. The number of nitrogens with zero attached hydrogens (tertiary/aromatic N) is 2. The first kappa shape index (κ1) is 21.1. The van der Waals surface area contributed by atoms with Crippen LogP contribution in [0.15, 0.2) is 41.3 Å². The average molecular weight is 372 g/mol. The largest absolute Gasteiger partial charge is 0.383 e. The lowest BCUT2D eigenvalue weighted by Crippen LogP contribution is -2.22. The molecule has 0 saturated heterocycles. The Morgan fingerprint density at radius 1 is 1.15 bits per heavy atom. The van der Waals surface area contributed by atoms with Crippen molar-refractivity contribution in [1.82, 2.24) is 14.9 Å². The molecule has 6 nitrogen and oxygen atoms in total. The molecule has 0 radical (unpaired) electrons. The van der Waals surface area contributed by atoms with E-state index < -0.39 is 0 Å². The van der Waals surface area contributed by atoms with Crippen LogP contribution in [0.1, 0.15) is 51.5 Å². The van der Waals surface area contributed by atoms with Gasteiger partial charge in [-0.25, -0.2) is 4.79 Å². The van der Waals surface area contributed by atoms with Crippen molar-refractivity contribution < 1.29 is 0 Å². The van der Waals surface area contributed by atoms with E-state index in [0.29, 0.717) is 12.0 Å². The van der Waals surface area contributed by atoms with E-state index in [0.717, 1.165) is 18.8 Å². The first-order valence-electron chi connectivity index (χ1n) is 9.86. The molecule has 1 aromatic carbocycles. The average Bonchev–Trinajstić information content (AvgIpc) is 2.63. The van der Waals surface area contributed by atoms with Crippen LogP contribution in [0.5, 0.6) is 0 Å². The molecule has 1 fully saturated rings. The third kappa shape index (κ3) is 7.53. The van der Waals surface area contributed by atoms with Crippen LogP contribution in [0.25, 0.3) is 5.69 Å². The van der Waals surface area contributed by atoms with Crippen LogP contribution < -0.4 is 22.5 Å². The van der Waals surface area contributed by atoms with E-state index in [4.69, 9.17) is 11.5 Å². The standard InChI is InChI=1S/C15H20N4O.C6H13N/c1-11(2)9-17-10-12-3-5-13(6-4-12)19-8-7-14(16)18-15(19)20;7-6-4-2-1-3-5-6/h3-8,11,17H,9-10H2,1-2H3,(H2,16,18,20);6H,1-5,7H2. The number of anilines is 1. The fourth-order valence-corrected chi connectivity index (χ4v) is 3.03. The summed E-state index contributed by atoms with van der Waals surface area (Å²) in [5.41, 5.74) is 12.7. The monoisotopic (exact) mass is 371 g/mol. The van der Waals surface area contributed by atoms with Crippen molar-refractivity contribution in [3.63, 3.8) is 0 Å². The molecule has 1 heterocycles. The van der Waals surface area contributed by atoms with E-state index in [1.165, 1.54) is 42.2 Å². The Balaban J connectivity index is 0.000000313. The number of hydrogen-bond acceptors (Lipinski definition) is 5. The van der Waals surface area contributed by atoms with Crippen LogP contribution in [0, 0.1) is 5.92 Å². The highest BCUT2D eigenvalue weighted by Gasteiger charge is 2.06. The van der Waals surface area contributed by atoms with Gasteiger partial charge in [0.15, 0.2) is 0 Å². The van der Waals surface area contributed by atoms with Gasteiger partial charge in [-0.15, -0.1) is 0 Å². The number of benzene rings is 1. The molecular weight excluding hydrogens is 338 g/mol. The third-order valence-electron chi connectivity index (χ3n) is 4.57. The van der Waals surface area contributed by atoms with Crippen molar-refractivity contribution in [3.05, 3.63) is 52.6 Å². The first-order chi connectivity index (χ1) is 13.0. The molecule has 0 aliphatic heterocycles. The molecule has 0 unspecified atom stereocenters. The quantitative estimate of drug-likeness (QED) is 0.750. The van der Waals surface area contributed by atoms with Crippen LogP contribution in [-0.2, 0) is 6.54 Å². The summed E-state index contributed by atoms with van der Waals surface area (Å²) in [5.74, 6) is 0.870. The predicted molar refractivity (Wildman–Crippen MR) is 112 cm³/mol. The van der Waals surface area contributed by atoms with Crippen LogP contribution in [0.2, 0.25) is 0 Å². The van der Waals surface area contributed by atoms with Gasteiger partial charge in [-0.3, -0.25) is 4.57 Å². The number of nitrogens with two attached hydrogens (primary N) is 2. The Morgan fingerprint density at radius 3 is 2.33 bits per heavy atom. The molecule has 1 aliphatic carbocycles. The van der Waals surface area contributed by atoms with Crippen molar-refractivity contribution in [2.75, 3.05) is 12.3 Å². The third-order valence-corrected chi connectivity index (χ3v) is 4.57. The number of aromatic nitrogens is 2. The summed E-state index contributed by atoms with van der Waals surface area (Å²) in [6.45, 7) is 6.17. The Labute approximate surface area is 162 Å². The van der Waals surface area contributed by atoms with E-state index in [1.807, 2.05) is 24.3 Å². The zero-order chi connectivity index (χ0) is 19.6. The molecule has 2 aromatic rings. The predicted octanol–water partition coefficient (Wildman–Crippen LogP) is 2.84. The topological polar surface area (TPSA) is 99.0 Å². The van der Waals surface area contributed by atoms with Crippen molar-refractivity contribution in [2.24, 2.45) is 11.7 Å². The van der Waals surface area contributed by atoms with Gasteiger partial charge in [-0.2, -0.15) is 4.98 Å². The van der Waals surface area contributed by atoms with Gasteiger partial charge in [0, 0.05) is 18.8 Å². The highest BCUT2D eigenvalue weighted by atomic mass is 16.1. The smallest absolute Gasteiger partial charge is 0.354 e. The molecule has 0 atom stereocenters. The van der Waals surface area contributed by atoms with Gasteiger partial charge < -0.3 is 16.8 Å². The van der Waals surface area contributed by atoms with E-state index >= 15 is 0 Å². The van der Waals surface area contributed by atoms with Gasteiger partial charge in [-0.05, 0) is 49.1 Å². The lowest BCUT2D eigenvalue weighted by Gasteiger charge is -2.15.